The van der Waals surface area contributed by atoms with Gasteiger partial charge in [-0.25, -0.2) is 4.39 Å². The van der Waals surface area contributed by atoms with Crippen molar-refractivity contribution in [3.63, 3.8) is 0 Å². The van der Waals surface area contributed by atoms with E-state index >= 15 is 0 Å². The third kappa shape index (κ3) is 2.80. The molecule has 0 aromatic heterocycles. The Hall–Kier alpha value is -1.74. The molecule has 1 aromatic carbocycles. The standard InChI is InChI=1S/C26H31FO2/c1-25-11-9-19(28)15-18(25)7-8-20-21(25)10-12-26(2)22(20)14-17(24(26)29)13-16-5-3-4-6-23(16)27/h3-7,13,19-22,28H,8-12,14-15H2,1-2H3/b17-13+/t19-,20-,21+,22+,25-,26+/m0/s1. The van der Waals surface area contributed by atoms with E-state index in [1.807, 2.05) is 6.07 Å². The number of hydrogen-bond acceptors (Lipinski definition) is 2. The maximum atomic E-state index is 14.2. The Kier molecular flexibility index (Phi) is 4.40. The van der Waals surface area contributed by atoms with Gasteiger partial charge in [-0.2, -0.15) is 0 Å². The highest BCUT2D eigenvalue weighted by molar-refractivity contribution is 6.06. The van der Waals surface area contributed by atoms with E-state index in [1.165, 1.54) is 11.6 Å². The second-order valence-electron chi connectivity index (χ2n) is 10.3. The first kappa shape index (κ1) is 19.2. The lowest BCUT2D eigenvalue weighted by Crippen LogP contribution is -2.50. The van der Waals surface area contributed by atoms with Crippen LogP contribution in [0.25, 0.3) is 6.08 Å². The number of fused-ring (bicyclic) bond motifs is 5. The second kappa shape index (κ2) is 6.63. The predicted octanol–water partition coefficient (Wildman–Crippen LogP) is 5.71. The number of carbonyl (C=O) groups excluding carboxylic acids is 1. The monoisotopic (exact) mass is 394 g/mol. The van der Waals surface area contributed by atoms with Crippen molar-refractivity contribution in [2.75, 3.05) is 0 Å². The molecule has 4 aliphatic carbocycles. The molecule has 4 aliphatic rings. The molecule has 6 atom stereocenters. The molecule has 5 rings (SSSR count). The van der Waals surface area contributed by atoms with Gasteiger partial charge in [0.15, 0.2) is 5.78 Å². The first-order valence-electron chi connectivity index (χ1n) is 11.2. The highest BCUT2D eigenvalue weighted by Crippen LogP contribution is 2.64. The largest absolute Gasteiger partial charge is 0.393 e. The Morgan fingerprint density at radius 1 is 1.07 bits per heavy atom. The SMILES string of the molecule is C[C@@]12CC[C@@H]3[C@H](CC=C4C[C@@H](O)CC[C@@]43C)[C@H]1C/C(=C\c1ccccc1F)C2=O. The number of aliphatic hydroxyl groups excluding tert-OH is 1. The lowest BCUT2D eigenvalue weighted by atomic mass is 9.48. The van der Waals surface area contributed by atoms with E-state index in [-0.39, 0.29) is 28.5 Å². The normalized spacial score (nSPS) is 42.8. The molecular formula is C26H31FO2. The summed E-state index contributed by atoms with van der Waals surface area (Å²) in [4.78, 5) is 13.4. The van der Waals surface area contributed by atoms with Crippen LogP contribution in [0.2, 0.25) is 0 Å². The highest BCUT2D eigenvalue weighted by Gasteiger charge is 2.59. The Labute approximate surface area is 172 Å². The Morgan fingerprint density at radius 2 is 1.83 bits per heavy atom. The van der Waals surface area contributed by atoms with Crippen molar-refractivity contribution < 1.29 is 14.3 Å². The predicted molar refractivity (Wildman–Crippen MR) is 112 cm³/mol. The van der Waals surface area contributed by atoms with Crippen molar-refractivity contribution in [2.24, 2.45) is 28.6 Å². The van der Waals surface area contributed by atoms with Crippen molar-refractivity contribution in [2.45, 2.75) is 64.9 Å². The van der Waals surface area contributed by atoms with Crippen molar-refractivity contribution >= 4 is 11.9 Å². The molecule has 0 saturated heterocycles. The summed E-state index contributed by atoms with van der Waals surface area (Å²) in [7, 11) is 0. The molecule has 0 heterocycles. The minimum atomic E-state index is -0.311. The number of Topliss-reactive ketones (excluding diaryl/α,β-unsaturated/α-hetero) is 1. The molecule has 1 aromatic rings. The van der Waals surface area contributed by atoms with Gasteiger partial charge in [0, 0.05) is 11.0 Å². The number of allylic oxidation sites excluding steroid dienone is 2. The first-order valence-corrected chi connectivity index (χ1v) is 11.2. The minimum absolute atomic E-state index is 0.171. The zero-order valence-corrected chi connectivity index (χ0v) is 17.5. The molecule has 0 radical (unpaired) electrons. The van der Waals surface area contributed by atoms with Crippen molar-refractivity contribution in [3.8, 4) is 0 Å². The van der Waals surface area contributed by atoms with Crippen LogP contribution in [0.3, 0.4) is 0 Å². The van der Waals surface area contributed by atoms with E-state index in [4.69, 9.17) is 0 Å². The van der Waals surface area contributed by atoms with Gasteiger partial charge >= 0.3 is 0 Å². The Balaban J connectivity index is 1.49. The molecule has 0 spiro atoms. The molecule has 154 valence electrons. The number of ketones is 1. The summed E-state index contributed by atoms with van der Waals surface area (Å²) in [5, 5.41) is 10.2. The highest BCUT2D eigenvalue weighted by atomic mass is 19.1. The van der Waals surface area contributed by atoms with Gasteiger partial charge in [0.25, 0.3) is 0 Å². The van der Waals surface area contributed by atoms with Gasteiger partial charge in [0.2, 0.25) is 0 Å². The molecule has 0 aliphatic heterocycles. The van der Waals surface area contributed by atoms with Crippen LogP contribution >= 0.6 is 0 Å². The van der Waals surface area contributed by atoms with E-state index in [0.717, 1.165) is 50.5 Å². The molecule has 3 heteroatoms. The number of halogens is 1. The van der Waals surface area contributed by atoms with Crippen molar-refractivity contribution in [1.82, 2.24) is 0 Å². The summed E-state index contributed by atoms with van der Waals surface area (Å²) in [5.41, 5.74) is 2.64. The fourth-order valence-corrected chi connectivity index (χ4v) is 7.22. The van der Waals surface area contributed by atoms with Crippen LogP contribution < -0.4 is 0 Å². The molecule has 0 unspecified atom stereocenters. The topological polar surface area (TPSA) is 37.3 Å². The van der Waals surface area contributed by atoms with Gasteiger partial charge in [-0.05, 0) is 85.8 Å². The van der Waals surface area contributed by atoms with E-state index in [1.54, 1.807) is 18.2 Å². The zero-order valence-electron chi connectivity index (χ0n) is 17.5. The number of carbonyl (C=O) groups is 1. The summed E-state index contributed by atoms with van der Waals surface area (Å²) < 4.78 is 14.2. The van der Waals surface area contributed by atoms with E-state index in [0.29, 0.717) is 23.3 Å². The maximum absolute atomic E-state index is 14.2. The fourth-order valence-electron chi connectivity index (χ4n) is 7.22. The summed E-state index contributed by atoms with van der Waals surface area (Å²) in [6.45, 7) is 4.56. The molecule has 29 heavy (non-hydrogen) atoms. The van der Waals surface area contributed by atoms with E-state index < -0.39 is 0 Å². The molecule has 0 bridgehead atoms. The van der Waals surface area contributed by atoms with Gasteiger partial charge in [-0.15, -0.1) is 0 Å². The average molecular weight is 395 g/mol. The quantitative estimate of drug-likeness (QED) is 0.489. The first-order chi connectivity index (χ1) is 13.8. The van der Waals surface area contributed by atoms with Crippen LogP contribution in [-0.2, 0) is 4.79 Å². The fraction of sp³-hybridized carbons (Fsp3) is 0.577. The van der Waals surface area contributed by atoms with Gasteiger partial charge < -0.3 is 5.11 Å². The van der Waals surface area contributed by atoms with Gasteiger partial charge in [0.1, 0.15) is 5.82 Å². The molecule has 2 nitrogen and oxygen atoms in total. The van der Waals surface area contributed by atoms with Gasteiger partial charge in [-0.1, -0.05) is 43.7 Å². The number of hydrogen-bond donors (Lipinski definition) is 1. The lowest BCUT2D eigenvalue weighted by molar-refractivity contribution is -0.130. The van der Waals surface area contributed by atoms with Crippen LogP contribution in [0.5, 0.6) is 0 Å². The number of rotatable bonds is 1. The summed E-state index contributed by atoms with van der Waals surface area (Å²) in [6.07, 6.45) is 10.6. The Morgan fingerprint density at radius 3 is 2.62 bits per heavy atom. The second-order valence-corrected chi connectivity index (χ2v) is 10.3. The third-order valence-electron chi connectivity index (χ3n) is 8.95. The van der Waals surface area contributed by atoms with Crippen LogP contribution in [0.15, 0.2) is 41.5 Å². The summed E-state index contributed by atoms with van der Waals surface area (Å²) in [5.74, 6) is 1.42. The minimum Gasteiger partial charge on any atom is -0.393 e. The maximum Gasteiger partial charge on any atom is 0.165 e. The molecule has 3 fully saturated rings. The van der Waals surface area contributed by atoms with Crippen LogP contribution in [0.1, 0.15) is 64.4 Å². The number of aliphatic hydroxyl groups is 1. The lowest BCUT2D eigenvalue weighted by Gasteiger charge is -2.56. The van der Waals surface area contributed by atoms with Gasteiger partial charge in [-0.3, -0.25) is 4.79 Å². The zero-order chi connectivity index (χ0) is 20.4. The van der Waals surface area contributed by atoms with Crippen LogP contribution in [-0.4, -0.2) is 17.0 Å². The summed E-state index contributed by atoms with van der Waals surface area (Å²) >= 11 is 0. The molecule has 0 amide bonds. The van der Waals surface area contributed by atoms with E-state index in [2.05, 4.69) is 19.9 Å². The van der Waals surface area contributed by atoms with E-state index in [9.17, 15) is 14.3 Å². The Bertz CT molecular complexity index is 915. The van der Waals surface area contributed by atoms with Gasteiger partial charge in [0.05, 0.1) is 6.10 Å². The third-order valence-corrected chi connectivity index (χ3v) is 8.95. The summed E-state index contributed by atoms with van der Waals surface area (Å²) in [6, 6.07) is 6.73. The number of benzene rings is 1. The molecule has 3 saturated carbocycles. The van der Waals surface area contributed by atoms with Crippen LogP contribution in [0, 0.1) is 34.4 Å². The average Bonchev–Trinajstić information content (AvgIpc) is 2.95. The molecule has 1 N–H and O–H groups in total. The van der Waals surface area contributed by atoms with Crippen molar-refractivity contribution in [3.05, 3.63) is 52.9 Å². The van der Waals surface area contributed by atoms with Crippen molar-refractivity contribution in [1.29, 1.82) is 0 Å². The smallest absolute Gasteiger partial charge is 0.165 e. The van der Waals surface area contributed by atoms with Crippen LogP contribution in [0.4, 0.5) is 4.39 Å². The molecular weight excluding hydrogens is 363 g/mol.